The molecule has 2 heterocycles. The Hall–Kier alpha value is -3.03. The zero-order valence-corrected chi connectivity index (χ0v) is 19.0. The molecule has 4 aromatic rings. The zero-order valence-electron chi connectivity index (χ0n) is 17.5. The second kappa shape index (κ2) is 10.1. The van der Waals surface area contributed by atoms with E-state index in [2.05, 4.69) is 10.3 Å². The van der Waals surface area contributed by atoms with Gasteiger partial charge in [0.05, 0.1) is 29.8 Å². The van der Waals surface area contributed by atoms with E-state index in [4.69, 9.17) is 16.0 Å². The third-order valence-electron chi connectivity index (χ3n) is 5.01. The lowest BCUT2D eigenvalue weighted by molar-refractivity contribution is -0.121. The Morgan fingerprint density at radius 2 is 2.00 bits per heavy atom. The zero-order chi connectivity index (χ0) is 22.5. The average Bonchev–Trinajstić information content (AvgIpc) is 3.30. The first-order valence-electron chi connectivity index (χ1n) is 10.2. The number of hydrogen-bond donors (Lipinski definition) is 1. The van der Waals surface area contributed by atoms with Gasteiger partial charge < -0.3 is 9.73 Å². The highest BCUT2D eigenvalue weighted by Gasteiger charge is 2.15. The predicted octanol–water partition coefficient (Wildman–Crippen LogP) is 5.05. The lowest BCUT2D eigenvalue weighted by Gasteiger charge is -2.15. The van der Waals surface area contributed by atoms with E-state index >= 15 is 0 Å². The summed E-state index contributed by atoms with van der Waals surface area (Å²) in [6.07, 6.45) is 1.87. The maximum Gasteiger partial charge on any atom is 0.262 e. The van der Waals surface area contributed by atoms with Gasteiger partial charge in [0, 0.05) is 17.2 Å². The highest BCUT2D eigenvalue weighted by molar-refractivity contribution is 7.99. The molecule has 0 unspecified atom stereocenters. The van der Waals surface area contributed by atoms with E-state index in [1.165, 1.54) is 11.8 Å². The molecule has 8 heteroatoms. The molecule has 0 aliphatic heterocycles. The molecule has 1 amide bonds. The predicted molar refractivity (Wildman–Crippen MR) is 127 cm³/mol. The number of nitrogens with one attached hydrogen (secondary N) is 1. The third kappa shape index (κ3) is 5.23. The molecule has 0 spiro atoms. The summed E-state index contributed by atoms with van der Waals surface area (Å²) in [5.74, 6) is 1.07. The van der Waals surface area contributed by atoms with Crippen molar-refractivity contribution >= 4 is 40.2 Å². The quantitative estimate of drug-likeness (QED) is 0.290. The van der Waals surface area contributed by atoms with Crippen molar-refractivity contribution in [1.82, 2.24) is 14.9 Å². The Morgan fingerprint density at radius 1 is 1.19 bits per heavy atom. The van der Waals surface area contributed by atoms with Gasteiger partial charge in [-0.3, -0.25) is 14.2 Å². The van der Waals surface area contributed by atoms with Gasteiger partial charge in [-0.2, -0.15) is 0 Å². The Labute approximate surface area is 194 Å². The molecule has 0 bridgehead atoms. The van der Waals surface area contributed by atoms with E-state index in [-0.39, 0.29) is 24.1 Å². The SMILES string of the molecule is C[C@@H](NC(=O)CCSc1nc2cc(Cl)ccc2c(=O)n1Cc1ccco1)c1ccccc1. The Balaban J connectivity index is 1.50. The molecule has 6 nitrogen and oxygen atoms in total. The van der Waals surface area contributed by atoms with E-state index in [9.17, 15) is 9.59 Å². The number of halogens is 1. The number of furan rings is 1. The number of carbonyl (C=O) groups excluding carboxylic acids is 1. The fraction of sp³-hybridized carbons (Fsp3) is 0.208. The number of aromatic nitrogens is 2. The van der Waals surface area contributed by atoms with Crippen molar-refractivity contribution in [2.45, 2.75) is 31.1 Å². The van der Waals surface area contributed by atoms with Gasteiger partial charge in [0.2, 0.25) is 5.91 Å². The molecule has 1 N–H and O–H groups in total. The van der Waals surface area contributed by atoms with Gasteiger partial charge in [0.1, 0.15) is 5.76 Å². The summed E-state index contributed by atoms with van der Waals surface area (Å²) in [6, 6.07) is 18.3. The van der Waals surface area contributed by atoms with Crippen LogP contribution in [-0.4, -0.2) is 21.2 Å². The van der Waals surface area contributed by atoms with Crippen molar-refractivity contribution in [3.63, 3.8) is 0 Å². The first-order chi connectivity index (χ1) is 15.5. The van der Waals surface area contributed by atoms with Crippen LogP contribution in [0.3, 0.4) is 0 Å². The van der Waals surface area contributed by atoms with E-state index < -0.39 is 0 Å². The van der Waals surface area contributed by atoms with Crippen LogP contribution in [0.1, 0.15) is 30.7 Å². The fourth-order valence-corrected chi connectivity index (χ4v) is 4.46. The number of thioether (sulfide) groups is 1. The van der Waals surface area contributed by atoms with Gasteiger partial charge in [0.15, 0.2) is 5.16 Å². The fourth-order valence-electron chi connectivity index (χ4n) is 3.36. The lowest BCUT2D eigenvalue weighted by atomic mass is 10.1. The smallest absolute Gasteiger partial charge is 0.262 e. The van der Waals surface area contributed by atoms with E-state index in [1.807, 2.05) is 43.3 Å². The monoisotopic (exact) mass is 467 g/mol. The number of hydrogen-bond acceptors (Lipinski definition) is 5. The van der Waals surface area contributed by atoms with Crippen LogP contribution in [0.5, 0.6) is 0 Å². The van der Waals surface area contributed by atoms with E-state index in [1.54, 1.807) is 35.1 Å². The Kier molecular flexibility index (Phi) is 6.97. The largest absolute Gasteiger partial charge is 0.467 e. The average molecular weight is 468 g/mol. The number of fused-ring (bicyclic) bond motifs is 1. The standard InChI is InChI=1S/C24H22ClN3O3S/c1-16(17-6-3-2-4-7-17)26-22(29)11-13-32-24-27-21-14-18(25)9-10-20(21)23(30)28(24)15-19-8-5-12-31-19/h2-10,12,14,16H,11,13,15H2,1H3,(H,26,29)/t16-/m1/s1. The Morgan fingerprint density at radius 3 is 2.75 bits per heavy atom. The Bertz CT molecular complexity index is 1270. The number of rotatable bonds is 8. The molecule has 164 valence electrons. The van der Waals surface area contributed by atoms with Crippen molar-refractivity contribution in [3.8, 4) is 0 Å². The molecular formula is C24H22ClN3O3S. The molecule has 0 saturated heterocycles. The molecule has 32 heavy (non-hydrogen) atoms. The van der Waals surface area contributed by atoms with Gasteiger partial charge in [-0.1, -0.05) is 53.7 Å². The van der Waals surface area contributed by atoms with Gasteiger partial charge in [-0.15, -0.1) is 0 Å². The second-order valence-electron chi connectivity index (χ2n) is 7.32. The van der Waals surface area contributed by atoms with Crippen LogP contribution in [0, 0.1) is 0 Å². The molecule has 0 fully saturated rings. The van der Waals surface area contributed by atoms with Gasteiger partial charge in [-0.25, -0.2) is 4.98 Å². The van der Waals surface area contributed by atoms with Crippen molar-refractivity contribution in [1.29, 1.82) is 0 Å². The summed E-state index contributed by atoms with van der Waals surface area (Å²) in [6.45, 7) is 2.22. The van der Waals surface area contributed by atoms with E-state index in [0.717, 1.165) is 5.56 Å². The summed E-state index contributed by atoms with van der Waals surface area (Å²) in [5.41, 5.74) is 1.41. The third-order valence-corrected chi connectivity index (χ3v) is 6.23. The van der Waals surface area contributed by atoms with Crippen LogP contribution in [0.2, 0.25) is 5.02 Å². The highest BCUT2D eigenvalue weighted by Crippen LogP contribution is 2.22. The second-order valence-corrected chi connectivity index (χ2v) is 8.82. The minimum absolute atomic E-state index is 0.0578. The number of amides is 1. The van der Waals surface area contributed by atoms with Crippen LogP contribution in [0.4, 0.5) is 0 Å². The topological polar surface area (TPSA) is 77.1 Å². The molecule has 0 saturated carbocycles. The number of benzene rings is 2. The van der Waals surface area contributed by atoms with Crippen LogP contribution >= 0.6 is 23.4 Å². The summed E-state index contributed by atoms with van der Waals surface area (Å²) in [4.78, 5) is 30.2. The first kappa shape index (κ1) is 22.2. The maximum atomic E-state index is 13.1. The van der Waals surface area contributed by atoms with Gasteiger partial charge in [0.25, 0.3) is 5.56 Å². The molecule has 1 atom stereocenters. The molecule has 0 aliphatic carbocycles. The van der Waals surface area contributed by atoms with Gasteiger partial charge in [-0.05, 0) is 42.8 Å². The molecule has 2 aromatic heterocycles. The van der Waals surface area contributed by atoms with Crippen LogP contribution < -0.4 is 10.9 Å². The van der Waals surface area contributed by atoms with Crippen LogP contribution in [0.25, 0.3) is 10.9 Å². The minimum Gasteiger partial charge on any atom is -0.467 e. The number of carbonyl (C=O) groups is 1. The van der Waals surface area contributed by atoms with Crippen LogP contribution in [0.15, 0.2) is 81.3 Å². The van der Waals surface area contributed by atoms with Crippen molar-refractivity contribution < 1.29 is 9.21 Å². The normalized spacial score (nSPS) is 12.1. The molecule has 0 aliphatic rings. The van der Waals surface area contributed by atoms with Crippen molar-refractivity contribution in [3.05, 3.63) is 93.6 Å². The summed E-state index contributed by atoms with van der Waals surface area (Å²) < 4.78 is 7.00. The highest BCUT2D eigenvalue weighted by atomic mass is 35.5. The molecule has 0 radical (unpaired) electrons. The first-order valence-corrected chi connectivity index (χ1v) is 11.6. The molecule has 4 rings (SSSR count). The lowest BCUT2D eigenvalue weighted by Crippen LogP contribution is -2.27. The van der Waals surface area contributed by atoms with E-state index in [0.29, 0.717) is 39.0 Å². The molecular weight excluding hydrogens is 446 g/mol. The summed E-state index contributed by atoms with van der Waals surface area (Å²) >= 11 is 7.46. The minimum atomic E-state index is -0.173. The van der Waals surface area contributed by atoms with Crippen molar-refractivity contribution in [2.75, 3.05) is 5.75 Å². The van der Waals surface area contributed by atoms with Crippen molar-refractivity contribution in [2.24, 2.45) is 0 Å². The summed E-state index contributed by atoms with van der Waals surface area (Å²) in [7, 11) is 0. The number of nitrogens with zero attached hydrogens (tertiary/aromatic N) is 2. The maximum absolute atomic E-state index is 13.1. The summed E-state index contributed by atoms with van der Waals surface area (Å²) in [5, 5.41) is 4.53. The van der Waals surface area contributed by atoms with Gasteiger partial charge >= 0.3 is 0 Å². The van der Waals surface area contributed by atoms with Crippen LogP contribution in [-0.2, 0) is 11.3 Å². The molecule has 2 aromatic carbocycles.